The minimum Gasteiger partial charge on any atom is -0.367 e. The van der Waals surface area contributed by atoms with Crippen LogP contribution in [0.2, 0.25) is 0 Å². The van der Waals surface area contributed by atoms with Gasteiger partial charge < -0.3 is 10.3 Å². The van der Waals surface area contributed by atoms with E-state index >= 15 is 0 Å². The van der Waals surface area contributed by atoms with Crippen LogP contribution in [0.4, 0.5) is 5.88 Å². The Kier molecular flexibility index (Phi) is 3.25. The van der Waals surface area contributed by atoms with Crippen molar-refractivity contribution in [1.82, 2.24) is 5.16 Å². The second-order valence-electron chi connectivity index (χ2n) is 4.70. The van der Waals surface area contributed by atoms with E-state index < -0.39 is 0 Å². The summed E-state index contributed by atoms with van der Waals surface area (Å²) >= 11 is 0. The van der Waals surface area contributed by atoms with Crippen LogP contribution in [0.15, 0.2) is 59.3 Å². The first-order valence-corrected chi connectivity index (χ1v) is 6.68. The zero-order valence-electron chi connectivity index (χ0n) is 11.3. The molecule has 3 aromatic rings. The Morgan fingerprint density at radius 3 is 2.45 bits per heavy atom. The van der Waals surface area contributed by atoms with E-state index in [0.29, 0.717) is 5.88 Å². The summed E-state index contributed by atoms with van der Waals surface area (Å²) in [5.74, 6) is 0.355. The molecule has 0 fully saturated rings. The lowest BCUT2D eigenvalue weighted by Gasteiger charge is -2.10. The molecule has 3 nitrogen and oxygen atoms in total. The summed E-state index contributed by atoms with van der Waals surface area (Å²) in [5, 5.41) is 3.74. The number of hydrogen-bond donors (Lipinski definition) is 1. The third kappa shape index (κ3) is 2.18. The van der Waals surface area contributed by atoms with Crippen molar-refractivity contribution in [2.75, 3.05) is 5.73 Å². The van der Waals surface area contributed by atoms with Crippen LogP contribution < -0.4 is 5.73 Å². The molecule has 0 saturated heterocycles. The van der Waals surface area contributed by atoms with E-state index in [4.69, 9.17) is 10.3 Å². The van der Waals surface area contributed by atoms with Crippen molar-refractivity contribution < 1.29 is 4.52 Å². The molecule has 2 N–H and O–H groups in total. The molecule has 20 heavy (non-hydrogen) atoms. The van der Waals surface area contributed by atoms with E-state index in [1.807, 2.05) is 6.07 Å². The van der Waals surface area contributed by atoms with E-state index in [1.54, 1.807) is 6.20 Å². The number of anilines is 1. The van der Waals surface area contributed by atoms with Crippen LogP contribution in [0.25, 0.3) is 22.3 Å². The van der Waals surface area contributed by atoms with Crippen molar-refractivity contribution in [1.29, 1.82) is 0 Å². The molecule has 3 rings (SSSR count). The van der Waals surface area contributed by atoms with Crippen molar-refractivity contribution >= 4 is 5.88 Å². The fourth-order valence-corrected chi connectivity index (χ4v) is 2.40. The summed E-state index contributed by atoms with van der Waals surface area (Å²) in [4.78, 5) is 0. The lowest BCUT2D eigenvalue weighted by atomic mass is 9.94. The molecule has 0 radical (unpaired) electrons. The van der Waals surface area contributed by atoms with E-state index in [9.17, 15) is 0 Å². The highest BCUT2D eigenvalue weighted by molar-refractivity contribution is 5.79. The average Bonchev–Trinajstić information content (AvgIpc) is 2.93. The van der Waals surface area contributed by atoms with E-state index in [2.05, 4.69) is 54.5 Å². The number of nitrogens with zero attached hydrogens (tertiary/aromatic N) is 1. The smallest absolute Gasteiger partial charge is 0.229 e. The Labute approximate surface area is 118 Å². The Bertz CT molecular complexity index is 717. The predicted molar refractivity (Wildman–Crippen MR) is 81.2 cm³/mol. The lowest BCUT2D eigenvalue weighted by Crippen LogP contribution is -1.90. The van der Waals surface area contributed by atoms with Gasteiger partial charge in [-0.25, -0.2) is 0 Å². The highest BCUT2D eigenvalue weighted by Crippen LogP contribution is 2.32. The maximum Gasteiger partial charge on any atom is 0.229 e. The van der Waals surface area contributed by atoms with Gasteiger partial charge in [0.05, 0.1) is 11.8 Å². The lowest BCUT2D eigenvalue weighted by molar-refractivity contribution is 0.436. The summed E-state index contributed by atoms with van der Waals surface area (Å²) in [6, 6.07) is 16.7. The van der Waals surface area contributed by atoms with Crippen LogP contribution in [-0.2, 0) is 6.42 Å². The van der Waals surface area contributed by atoms with Gasteiger partial charge in [-0.05, 0) is 34.7 Å². The molecule has 0 aliphatic rings. The standard InChI is InChI=1S/C17H16N2O/c1-2-12-8-9-14(16-11-19-20-17(16)18)10-15(12)13-6-4-3-5-7-13/h3-11H,2,18H2,1H3. The van der Waals surface area contributed by atoms with Crippen molar-refractivity contribution in [3.8, 4) is 22.3 Å². The molecule has 1 aromatic heterocycles. The number of nitrogens with two attached hydrogens (primary N) is 1. The van der Waals surface area contributed by atoms with Crippen LogP contribution in [0, 0.1) is 0 Å². The summed E-state index contributed by atoms with van der Waals surface area (Å²) in [6.07, 6.45) is 2.65. The van der Waals surface area contributed by atoms with Crippen molar-refractivity contribution in [2.45, 2.75) is 13.3 Å². The SMILES string of the molecule is CCc1ccc(-c2cnoc2N)cc1-c1ccccc1. The average molecular weight is 264 g/mol. The van der Waals surface area contributed by atoms with Gasteiger partial charge in [0, 0.05) is 0 Å². The minimum absolute atomic E-state index is 0.355. The molecule has 0 bridgehead atoms. The molecule has 100 valence electrons. The van der Waals surface area contributed by atoms with Gasteiger partial charge in [0.25, 0.3) is 0 Å². The van der Waals surface area contributed by atoms with Gasteiger partial charge in [-0.2, -0.15) is 0 Å². The Morgan fingerprint density at radius 2 is 1.80 bits per heavy atom. The van der Waals surface area contributed by atoms with Gasteiger partial charge >= 0.3 is 0 Å². The Morgan fingerprint density at radius 1 is 1.00 bits per heavy atom. The normalized spacial score (nSPS) is 10.7. The highest BCUT2D eigenvalue weighted by Gasteiger charge is 2.10. The van der Waals surface area contributed by atoms with Gasteiger partial charge in [-0.15, -0.1) is 0 Å². The molecule has 0 spiro atoms. The van der Waals surface area contributed by atoms with Gasteiger partial charge in [0.2, 0.25) is 5.88 Å². The van der Waals surface area contributed by atoms with Crippen molar-refractivity contribution in [2.24, 2.45) is 0 Å². The molecule has 0 saturated carbocycles. The molecule has 0 aliphatic heterocycles. The fraction of sp³-hybridized carbons (Fsp3) is 0.118. The zero-order valence-corrected chi connectivity index (χ0v) is 11.3. The van der Waals surface area contributed by atoms with Crippen LogP contribution in [0.1, 0.15) is 12.5 Å². The number of aromatic nitrogens is 1. The molecule has 0 atom stereocenters. The first-order chi connectivity index (χ1) is 9.79. The topological polar surface area (TPSA) is 52.0 Å². The molecule has 1 heterocycles. The molecule has 0 unspecified atom stereocenters. The van der Waals surface area contributed by atoms with Gasteiger partial charge in [-0.3, -0.25) is 0 Å². The fourth-order valence-electron chi connectivity index (χ4n) is 2.40. The van der Waals surface area contributed by atoms with Crippen molar-refractivity contribution in [3.63, 3.8) is 0 Å². The summed E-state index contributed by atoms with van der Waals surface area (Å²) in [5.41, 5.74) is 11.4. The third-order valence-corrected chi connectivity index (χ3v) is 3.48. The predicted octanol–water partition coefficient (Wildman–Crippen LogP) is 4.15. The number of aryl methyl sites for hydroxylation is 1. The van der Waals surface area contributed by atoms with Crippen LogP contribution in [0.5, 0.6) is 0 Å². The molecular weight excluding hydrogens is 248 g/mol. The van der Waals surface area contributed by atoms with Crippen LogP contribution >= 0.6 is 0 Å². The van der Waals surface area contributed by atoms with Gasteiger partial charge in [-0.1, -0.05) is 54.5 Å². The third-order valence-electron chi connectivity index (χ3n) is 3.48. The maximum absolute atomic E-state index is 5.80. The Balaban J connectivity index is 2.15. The van der Waals surface area contributed by atoms with Crippen LogP contribution in [-0.4, -0.2) is 5.16 Å². The second kappa shape index (κ2) is 5.21. The quantitative estimate of drug-likeness (QED) is 0.773. The van der Waals surface area contributed by atoms with Crippen LogP contribution in [0.3, 0.4) is 0 Å². The summed E-state index contributed by atoms with van der Waals surface area (Å²) < 4.78 is 4.95. The molecule has 2 aromatic carbocycles. The number of benzene rings is 2. The second-order valence-corrected chi connectivity index (χ2v) is 4.70. The van der Waals surface area contributed by atoms with Gasteiger partial charge in [0.1, 0.15) is 0 Å². The molecular formula is C17H16N2O. The number of nitrogen functional groups attached to an aromatic ring is 1. The van der Waals surface area contributed by atoms with E-state index in [0.717, 1.165) is 17.5 Å². The zero-order chi connectivity index (χ0) is 13.9. The van der Waals surface area contributed by atoms with E-state index in [1.165, 1.54) is 16.7 Å². The number of rotatable bonds is 3. The molecule has 0 amide bonds. The van der Waals surface area contributed by atoms with E-state index in [-0.39, 0.29) is 0 Å². The first-order valence-electron chi connectivity index (χ1n) is 6.68. The van der Waals surface area contributed by atoms with Crippen molar-refractivity contribution in [3.05, 3.63) is 60.3 Å². The monoisotopic (exact) mass is 264 g/mol. The number of hydrogen-bond acceptors (Lipinski definition) is 3. The summed E-state index contributed by atoms with van der Waals surface area (Å²) in [7, 11) is 0. The minimum atomic E-state index is 0.355. The molecule has 0 aliphatic carbocycles. The Hall–Kier alpha value is -2.55. The maximum atomic E-state index is 5.80. The van der Waals surface area contributed by atoms with Gasteiger partial charge in [0.15, 0.2) is 0 Å². The molecule has 3 heteroatoms. The summed E-state index contributed by atoms with van der Waals surface area (Å²) in [6.45, 7) is 2.16. The first kappa shape index (κ1) is 12.5. The highest BCUT2D eigenvalue weighted by atomic mass is 16.5. The largest absolute Gasteiger partial charge is 0.367 e.